The fourth-order valence-corrected chi connectivity index (χ4v) is 1.96. The molecular weight excluding hydrogens is 288 g/mol. The number of anilines is 1. The number of benzene rings is 1. The van der Waals surface area contributed by atoms with Crippen LogP contribution in [-0.4, -0.2) is 36.4 Å². The number of hydrogen-bond donors (Lipinski definition) is 2. The zero-order chi connectivity index (χ0) is 15.7. The third kappa shape index (κ3) is 6.49. The number of nitrogens with two attached hydrogens (primary N) is 1. The van der Waals surface area contributed by atoms with Crippen LogP contribution in [0.25, 0.3) is 0 Å². The van der Waals surface area contributed by atoms with Gasteiger partial charge in [0.1, 0.15) is 0 Å². The van der Waals surface area contributed by atoms with E-state index in [2.05, 4.69) is 10.3 Å². The number of carbonyl (C=O) groups excluding carboxylic acids is 1. The Kier molecular flexibility index (Phi) is 7.61. The van der Waals surface area contributed by atoms with Gasteiger partial charge in [-0.1, -0.05) is 11.6 Å². The molecule has 0 aliphatic heterocycles. The van der Waals surface area contributed by atoms with Crippen LogP contribution in [-0.2, 0) is 4.79 Å². The lowest BCUT2D eigenvalue weighted by molar-refractivity contribution is -0.116. The van der Waals surface area contributed by atoms with Gasteiger partial charge in [-0.2, -0.15) is 0 Å². The van der Waals surface area contributed by atoms with E-state index in [1.807, 2.05) is 18.7 Å². The van der Waals surface area contributed by atoms with Crippen LogP contribution in [0.15, 0.2) is 29.3 Å². The summed E-state index contributed by atoms with van der Waals surface area (Å²) in [7, 11) is 0. The molecule has 5 nitrogen and oxygen atoms in total. The number of nitrogens with one attached hydrogen (secondary N) is 1. The molecule has 0 spiro atoms. The van der Waals surface area contributed by atoms with Crippen molar-refractivity contribution in [2.24, 2.45) is 10.7 Å². The van der Waals surface area contributed by atoms with Crippen LogP contribution in [0, 0.1) is 0 Å². The lowest BCUT2D eigenvalue weighted by Gasteiger charge is -2.19. The molecule has 21 heavy (non-hydrogen) atoms. The number of nitrogens with zero attached hydrogens (tertiary/aromatic N) is 2. The largest absolute Gasteiger partial charge is 0.370 e. The summed E-state index contributed by atoms with van der Waals surface area (Å²) in [4.78, 5) is 18.0. The lowest BCUT2D eigenvalue weighted by atomic mass is 10.2. The second-order valence-corrected chi connectivity index (χ2v) is 5.01. The molecule has 1 aromatic rings. The van der Waals surface area contributed by atoms with E-state index >= 15 is 0 Å². The lowest BCUT2D eigenvalue weighted by Crippen LogP contribution is -2.37. The van der Waals surface area contributed by atoms with Gasteiger partial charge in [0.25, 0.3) is 0 Å². The van der Waals surface area contributed by atoms with Gasteiger partial charge in [0.05, 0.1) is 0 Å². The number of aliphatic imine (C=N–C) groups is 1. The van der Waals surface area contributed by atoms with E-state index < -0.39 is 0 Å². The maximum Gasteiger partial charge on any atom is 0.224 e. The van der Waals surface area contributed by atoms with Crippen molar-refractivity contribution >= 4 is 29.2 Å². The van der Waals surface area contributed by atoms with Crippen molar-refractivity contribution in [1.82, 2.24) is 4.90 Å². The smallest absolute Gasteiger partial charge is 0.224 e. The molecule has 0 aromatic heterocycles. The molecular formula is C15H23ClN4O. The van der Waals surface area contributed by atoms with Crippen molar-refractivity contribution in [1.29, 1.82) is 0 Å². The second-order valence-electron chi connectivity index (χ2n) is 4.57. The average Bonchev–Trinajstić information content (AvgIpc) is 2.47. The summed E-state index contributed by atoms with van der Waals surface area (Å²) >= 11 is 5.79. The van der Waals surface area contributed by atoms with E-state index in [0.717, 1.165) is 18.8 Å². The van der Waals surface area contributed by atoms with Gasteiger partial charge in [0, 0.05) is 36.8 Å². The van der Waals surface area contributed by atoms with E-state index in [0.29, 0.717) is 30.4 Å². The first-order chi connectivity index (χ1) is 10.1. The molecule has 0 bridgehead atoms. The number of hydrogen-bond acceptors (Lipinski definition) is 2. The van der Waals surface area contributed by atoms with E-state index in [1.165, 1.54) is 0 Å². The van der Waals surface area contributed by atoms with Gasteiger partial charge in [-0.25, -0.2) is 0 Å². The molecule has 1 rings (SSSR count). The third-order valence-electron chi connectivity index (χ3n) is 3.05. The van der Waals surface area contributed by atoms with Crippen molar-refractivity contribution < 1.29 is 4.79 Å². The monoisotopic (exact) mass is 310 g/mol. The van der Waals surface area contributed by atoms with Crippen LogP contribution >= 0.6 is 11.6 Å². The Morgan fingerprint density at radius 3 is 2.48 bits per heavy atom. The Bertz CT molecular complexity index is 469. The number of rotatable bonds is 7. The maximum atomic E-state index is 11.8. The van der Waals surface area contributed by atoms with Crippen LogP contribution in [0.4, 0.5) is 5.69 Å². The van der Waals surface area contributed by atoms with Crippen molar-refractivity contribution in [3.63, 3.8) is 0 Å². The molecule has 116 valence electrons. The van der Waals surface area contributed by atoms with Crippen molar-refractivity contribution in [2.45, 2.75) is 26.7 Å². The zero-order valence-electron chi connectivity index (χ0n) is 12.6. The van der Waals surface area contributed by atoms with Crippen molar-refractivity contribution in [2.75, 3.05) is 25.0 Å². The second kappa shape index (κ2) is 9.23. The quantitative estimate of drug-likeness (QED) is 0.462. The van der Waals surface area contributed by atoms with Gasteiger partial charge in [-0.05, 0) is 44.5 Å². The molecule has 6 heteroatoms. The van der Waals surface area contributed by atoms with Crippen molar-refractivity contribution in [3.8, 4) is 0 Å². The number of amides is 1. The Morgan fingerprint density at radius 1 is 1.29 bits per heavy atom. The van der Waals surface area contributed by atoms with E-state index in [9.17, 15) is 4.79 Å². The predicted molar refractivity (Wildman–Crippen MR) is 88.7 cm³/mol. The molecule has 0 heterocycles. The van der Waals surface area contributed by atoms with E-state index in [1.54, 1.807) is 24.3 Å². The summed E-state index contributed by atoms with van der Waals surface area (Å²) in [5.41, 5.74) is 6.60. The van der Waals surface area contributed by atoms with Gasteiger partial charge in [0.15, 0.2) is 5.96 Å². The molecule has 0 fully saturated rings. The summed E-state index contributed by atoms with van der Waals surface area (Å²) in [5.74, 6) is 0.507. The Morgan fingerprint density at radius 2 is 1.90 bits per heavy atom. The number of guanidine groups is 1. The van der Waals surface area contributed by atoms with E-state index in [4.69, 9.17) is 17.3 Å². The normalized spacial score (nSPS) is 11.3. The maximum absolute atomic E-state index is 11.8. The summed E-state index contributed by atoms with van der Waals surface area (Å²) in [5, 5.41) is 3.46. The highest BCUT2D eigenvalue weighted by molar-refractivity contribution is 6.30. The highest BCUT2D eigenvalue weighted by Crippen LogP contribution is 2.13. The topological polar surface area (TPSA) is 70.7 Å². The Balaban J connectivity index is 2.30. The van der Waals surface area contributed by atoms with Crippen LogP contribution in [0.5, 0.6) is 0 Å². The Hall–Kier alpha value is -1.75. The molecule has 0 saturated heterocycles. The van der Waals surface area contributed by atoms with Gasteiger partial charge >= 0.3 is 0 Å². The highest BCUT2D eigenvalue weighted by Gasteiger charge is 2.04. The van der Waals surface area contributed by atoms with E-state index in [-0.39, 0.29) is 5.91 Å². The molecule has 1 amide bonds. The van der Waals surface area contributed by atoms with Gasteiger partial charge in [0.2, 0.25) is 5.91 Å². The summed E-state index contributed by atoms with van der Waals surface area (Å²) in [6.07, 6.45) is 1.08. The molecule has 0 radical (unpaired) electrons. The fourth-order valence-electron chi connectivity index (χ4n) is 1.84. The van der Waals surface area contributed by atoms with Gasteiger partial charge in [-0.15, -0.1) is 0 Å². The first kappa shape index (κ1) is 17.3. The van der Waals surface area contributed by atoms with Gasteiger partial charge in [-0.3, -0.25) is 9.79 Å². The van der Waals surface area contributed by atoms with Crippen LogP contribution in [0.3, 0.4) is 0 Å². The van der Waals surface area contributed by atoms with Crippen molar-refractivity contribution in [3.05, 3.63) is 29.3 Å². The van der Waals surface area contributed by atoms with Crippen LogP contribution in [0.1, 0.15) is 26.7 Å². The minimum absolute atomic E-state index is 0.0334. The standard InChI is InChI=1S/C15H23ClN4O/c1-3-20(4-2)15(17)18-11-5-6-14(21)19-13-9-7-12(16)8-10-13/h7-10H,3-6,11H2,1-2H3,(H2,17,18)(H,19,21). The van der Waals surface area contributed by atoms with Gasteiger partial charge < -0.3 is 16.0 Å². The molecule has 0 atom stereocenters. The number of halogens is 1. The fraction of sp³-hybridized carbons (Fsp3) is 0.467. The highest BCUT2D eigenvalue weighted by atomic mass is 35.5. The minimum atomic E-state index is -0.0334. The molecule has 0 aliphatic rings. The predicted octanol–water partition coefficient (Wildman–Crippen LogP) is 2.72. The third-order valence-corrected chi connectivity index (χ3v) is 3.30. The number of carbonyl (C=O) groups is 1. The SMILES string of the molecule is CCN(CC)C(N)=NCCCC(=O)Nc1ccc(Cl)cc1. The Labute approximate surface area is 131 Å². The molecule has 0 saturated carbocycles. The average molecular weight is 311 g/mol. The molecule has 3 N–H and O–H groups in total. The first-order valence-corrected chi connectivity index (χ1v) is 7.54. The summed E-state index contributed by atoms with van der Waals surface area (Å²) < 4.78 is 0. The minimum Gasteiger partial charge on any atom is -0.370 e. The zero-order valence-corrected chi connectivity index (χ0v) is 13.4. The van der Waals surface area contributed by atoms with Crippen LogP contribution < -0.4 is 11.1 Å². The molecule has 0 unspecified atom stereocenters. The molecule has 1 aromatic carbocycles. The molecule has 0 aliphatic carbocycles. The first-order valence-electron chi connectivity index (χ1n) is 7.17. The summed E-state index contributed by atoms with van der Waals surface area (Å²) in [6, 6.07) is 7.03. The van der Waals surface area contributed by atoms with Crippen LogP contribution in [0.2, 0.25) is 5.02 Å². The summed E-state index contributed by atoms with van der Waals surface area (Å²) in [6.45, 7) is 6.29.